The Bertz CT molecular complexity index is 2330. The number of thiophene rings is 1. The van der Waals surface area contributed by atoms with Crippen molar-refractivity contribution in [1.29, 1.82) is 0 Å². The maximum atomic E-state index is 2.50. The monoisotopic (exact) mass is 635 g/mol. The van der Waals surface area contributed by atoms with Crippen LogP contribution in [0.15, 0.2) is 152 Å². The Morgan fingerprint density at radius 3 is 1.73 bits per heavy atom. The van der Waals surface area contributed by atoms with Gasteiger partial charge in [-0.25, -0.2) is 0 Å². The minimum atomic E-state index is -0.241. The van der Waals surface area contributed by atoms with Crippen molar-refractivity contribution in [1.82, 2.24) is 0 Å². The van der Waals surface area contributed by atoms with Gasteiger partial charge in [-0.1, -0.05) is 149 Å². The van der Waals surface area contributed by atoms with Crippen molar-refractivity contribution in [2.24, 2.45) is 0 Å². The maximum absolute atomic E-state index is 2.50. The van der Waals surface area contributed by atoms with E-state index in [9.17, 15) is 0 Å². The second-order valence-corrected chi connectivity index (χ2v) is 15.2. The highest BCUT2D eigenvalue weighted by atomic mass is 32.1. The maximum Gasteiger partial charge on any atom is 0.0508 e. The predicted molar refractivity (Wildman–Crippen MR) is 205 cm³/mol. The second-order valence-electron chi connectivity index (χ2n) is 14.1. The lowest BCUT2D eigenvalue weighted by molar-refractivity contribution is 0.659. The Balaban J connectivity index is 1.30. The van der Waals surface area contributed by atoms with Gasteiger partial charge < -0.3 is 4.90 Å². The summed E-state index contributed by atoms with van der Waals surface area (Å²) < 4.78 is 0. The fourth-order valence-corrected chi connectivity index (χ4v) is 9.91. The first-order chi connectivity index (χ1) is 23.4. The van der Waals surface area contributed by atoms with Crippen LogP contribution in [0.1, 0.15) is 49.9 Å². The normalized spacial score (nSPS) is 14.6. The molecule has 0 aliphatic heterocycles. The van der Waals surface area contributed by atoms with Crippen molar-refractivity contribution in [2.75, 3.05) is 4.90 Å². The SMILES string of the molecule is CC1(C)c2ccccc2-c2ccc(N(c3ccccc3)c3cccc4c3C(C)(C)c3c(-c5ccccc5)sc(-c5ccccc5)c3-4)cc21. The van der Waals surface area contributed by atoms with Crippen LogP contribution < -0.4 is 4.90 Å². The number of benzene rings is 6. The molecule has 1 heterocycles. The van der Waals surface area contributed by atoms with Gasteiger partial charge in [0.05, 0.1) is 5.69 Å². The van der Waals surface area contributed by atoms with E-state index in [0.29, 0.717) is 0 Å². The zero-order valence-electron chi connectivity index (χ0n) is 27.8. The Morgan fingerprint density at radius 2 is 1.02 bits per heavy atom. The van der Waals surface area contributed by atoms with Crippen LogP contribution in [0.5, 0.6) is 0 Å². The standard InChI is InChI=1S/C46H37NS/c1-45(2)37-25-15-14-23-34(37)35-28-27-33(29-38(35)45)47(32-21-12-7-13-22-32)39-26-16-24-36-40-42(46(3,4)41(36)39)44(31-19-10-6-11-20-31)48-43(40)30-17-8-5-9-18-30/h5-29H,1-4H3. The molecule has 0 bridgehead atoms. The minimum absolute atomic E-state index is 0.0821. The van der Waals surface area contributed by atoms with Gasteiger partial charge >= 0.3 is 0 Å². The highest BCUT2D eigenvalue weighted by molar-refractivity contribution is 7.19. The van der Waals surface area contributed by atoms with Crippen LogP contribution in [0.25, 0.3) is 43.1 Å². The van der Waals surface area contributed by atoms with Gasteiger partial charge in [-0.05, 0) is 80.4 Å². The van der Waals surface area contributed by atoms with E-state index >= 15 is 0 Å². The van der Waals surface area contributed by atoms with Crippen LogP contribution in [0.4, 0.5) is 17.1 Å². The molecule has 1 nitrogen and oxygen atoms in total. The van der Waals surface area contributed by atoms with Crippen LogP contribution in [0.2, 0.25) is 0 Å². The molecule has 0 radical (unpaired) electrons. The number of rotatable bonds is 5. The second kappa shape index (κ2) is 10.7. The van der Waals surface area contributed by atoms with Crippen LogP contribution in [-0.2, 0) is 10.8 Å². The van der Waals surface area contributed by atoms with Gasteiger partial charge in [0.1, 0.15) is 0 Å². The molecule has 0 fully saturated rings. The molecule has 0 atom stereocenters. The van der Waals surface area contributed by atoms with E-state index in [4.69, 9.17) is 0 Å². The van der Waals surface area contributed by atoms with Crippen molar-refractivity contribution in [3.63, 3.8) is 0 Å². The zero-order chi connectivity index (χ0) is 32.6. The van der Waals surface area contributed by atoms with E-state index in [1.165, 1.54) is 76.8 Å². The molecule has 0 saturated carbocycles. The third kappa shape index (κ3) is 4.15. The van der Waals surface area contributed by atoms with Gasteiger partial charge in [-0.2, -0.15) is 0 Å². The van der Waals surface area contributed by atoms with Crippen molar-refractivity contribution in [3.8, 4) is 43.1 Å². The molecule has 6 aromatic carbocycles. The number of fused-ring (bicyclic) bond motifs is 6. The van der Waals surface area contributed by atoms with Crippen LogP contribution in [0.3, 0.4) is 0 Å². The molecule has 232 valence electrons. The molecule has 7 aromatic rings. The van der Waals surface area contributed by atoms with Crippen LogP contribution in [-0.4, -0.2) is 0 Å². The number of anilines is 3. The molecule has 0 unspecified atom stereocenters. The molecule has 2 heteroatoms. The van der Waals surface area contributed by atoms with Crippen molar-refractivity contribution in [3.05, 3.63) is 174 Å². The summed E-state index contributed by atoms with van der Waals surface area (Å²) in [5.41, 5.74) is 16.8. The molecule has 2 aliphatic rings. The topological polar surface area (TPSA) is 3.24 Å². The predicted octanol–water partition coefficient (Wildman–Crippen LogP) is 13.2. The fraction of sp³-hybridized carbons (Fsp3) is 0.130. The lowest BCUT2D eigenvalue weighted by atomic mass is 9.80. The average Bonchev–Trinajstić information content (AvgIpc) is 3.72. The third-order valence-electron chi connectivity index (χ3n) is 10.6. The lowest BCUT2D eigenvalue weighted by Gasteiger charge is -2.33. The summed E-state index contributed by atoms with van der Waals surface area (Å²) in [5.74, 6) is 0. The van der Waals surface area contributed by atoms with E-state index in [2.05, 4.69) is 184 Å². The molecule has 1 aromatic heterocycles. The number of nitrogens with zero attached hydrogens (tertiary/aromatic N) is 1. The Morgan fingerprint density at radius 1 is 0.438 bits per heavy atom. The fourth-order valence-electron chi connectivity index (χ4n) is 8.42. The van der Waals surface area contributed by atoms with Crippen molar-refractivity contribution in [2.45, 2.75) is 38.5 Å². The largest absolute Gasteiger partial charge is 0.310 e. The smallest absolute Gasteiger partial charge is 0.0508 e. The zero-order valence-corrected chi connectivity index (χ0v) is 28.6. The molecule has 0 saturated heterocycles. The first-order valence-electron chi connectivity index (χ1n) is 16.9. The van der Waals surface area contributed by atoms with Gasteiger partial charge in [0.2, 0.25) is 0 Å². The number of hydrogen-bond donors (Lipinski definition) is 0. The van der Waals surface area contributed by atoms with Crippen LogP contribution in [0, 0.1) is 0 Å². The first-order valence-corrected chi connectivity index (χ1v) is 17.7. The summed E-state index contributed by atoms with van der Waals surface area (Å²) in [7, 11) is 0. The van der Waals surface area contributed by atoms with E-state index in [-0.39, 0.29) is 10.8 Å². The molecule has 0 amide bonds. The van der Waals surface area contributed by atoms with E-state index in [1.54, 1.807) is 0 Å². The summed E-state index contributed by atoms with van der Waals surface area (Å²) >= 11 is 1.93. The van der Waals surface area contributed by atoms with E-state index in [0.717, 1.165) is 5.69 Å². The van der Waals surface area contributed by atoms with E-state index in [1.807, 2.05) is 11.3 Å². The first kappa shape index (κ1) is 29.0. The van der Waals surface area contributed by atoms with Crippen LogP contribution >= 0.6 is 11.3 Å². The molecule has 0 N–H and O–H groups in total. The summed E-state index contributed by atoms with van der Waals surface area (Å²) in [5, 5.41) is 0. The van der Waals surface area contributed by atoms with E-state index < -0.39 is 0 Å². The van der Waals surface area contributed by atoms with Crippen molar-refractivity contribution >= 4 is 28.4 Å². The quantitative estimate of drug-likeness (QED) is 0.182. The minimum Gasteiger partial charge on any atom is -0.310 e. The average molecular weight is 636 g/mol. The van der Waals surface area contributed by atoms with Gasteiger partial charge in [0.25, 0.3) is 0 Å². The third-order valence-corrected chi connectivity index (χ3v) is 11.9. The summed E-state index contributed by atoms with van der Waals surface area (Å²) in [6.07, 6.45) is 0. The van der Waals surface area contributed by atoms with Gasteiger partial charge in [-0.15, -0.1) is 11.3 Å². The molecule has 9 rings (SSSR count). The number of hydrogen-bond acceptors (Lipinski definition) is 2. The molecular weight excluding hydrogens is 599 g/mol. The molecular formula is C46H37NS. The molecule has 0 spiro atoms. The summed E-state index contributed by atoms with van der Waals surface area (Å²) in [6.45, 7) is 9.60. The van der Waals surface area contributed by atoms with Gasteiger partial charge in [-0.3, -0.25) is 0 Å². The molecule has 48 heavy (non-hydrogen) atoms. The lowest BCUT2D eigenvalue weighted by Crippen LogP contribution is -2.21. The van der Waals surface area contributed by atoms with Crippen molar-refractivity contribution < 1.29 is 0 Å². The Labute approximate surface area is 287 Å². The van der Waals surface area contributed by atoms with Gasteiger partial charge in [0, 0.05) is 37.5 Å². The van der Waals surface area contributed by atoms with Gasteiger partial charge in [0.15, 0.2) is 0 Å². The highest BCUT2D eigenvalue weighted by Crippen LogP contribution is 2.62. The Hall–Kier alpha value is -5.18. The molecule has 2 aliphatic carbocycles. The number of para-hydroxylation sites is 1. The summed E-state index contributed by atoms with van der Waals surface area (Å²) in [4.78, 5) is 5.20. The highest BCUT2D eigenvalue weighted by Gasteiger charge is 2.44. The Kier molecular flexibility index (Phi) is 6.44. The summed E-state index contributed by atoms with van der Waals surface area (Å²) in [6, 6.07) is 55.8.